The van der Waals surface area contributed by atoms with E-state index in [1.165, 1.54) is 36.0 Å². The molecule has 12 rings (SSSR count). The first kappa shape index (κ1) is 84.9. The molecule has 101 heavy (non-hydrogen) atoms. The van der Waals surface area contributed by atoms with Crippen LogP contribution in [0.3, 0.4) is 0 Å². The average Bonchev–Trinajstić information content (AvgIpc) is 0.907. The Morgan fingerprint density at radius 1 is 0.406 bits per heavy atom. The third kappa shape index (κ3) is 34.6. The minimum Gasteiger partial charge on any atom is -0.394 e. The van der Waals surface area contributed by atoms with Crippen molar-refractivity contribution in [3.8, 4) is 0 Å². The van der Waals surface area contributed by atoms with E-state index >= 15 is 0 Å². The van der Waals surface area contributed by atoms with Crippen LogP contribution in [0.5, 0.6) is 0 Å². The number of rotatable bonds is 23. The standard InChI is InChI=1S/C18H29N3O3.C14H23N3O.C13H21N3O2.C11H17N3O.C7H13BrO2.C6H7ClN2.C5H11NO/c1-2-15-13-19-18(20-14-15)21-8-6-16(7-9-21)22-11-12-24-17-5-3-4-10-23-17;1-3-9-18-13-5-7-17(8-6-13)14-15-10-12(4-2)11-16-14;1-2-11-9-14-13(15-10-11)16-5-3-12(4-6-16)18-8-7-17;1-2-9-7-12-11(13-8-9)14-5-3-10(15)4-6-14;8-4-6-10-7-3-1-2-5-9-7;1-2-5-3-8-6(7)9-4-5;7-5-1-3-6-4-2-5/h13-14,16-17H,2-12H2,1H3;10-11,13H,3-9H2,1-2H3;9-10,12,17H,2-8H2,1H3;7-8,10,15H,2-6H2,1H3;7H,1-6H2;3-4H,2H2,1H3;5-7H,1-4H2. The Morgan fingerprint density at radius 2 is 0.713 bits per heavy atom. The number of hydrogen-bond donors (Lipinski definition) is 4. The molecule has 0 spiro atoms. The van der Waals surface area contributed by atoms with E-state index < -0.39 is 0 Å². The number of nitrogens with one attached hydrogen (secondary N) is 1. The van der Waals surface area contributed by atoms with Gasteiger partial charge in [-0.2, -0.15) is 0 Å². The highest BCUT2D eigenvalue weighted by molar-refractivity contribution is 9.09. The van der Waals surface area contributed by atoms with Crippen molar-refractivity contribution in [3.63, 3.8) is 0 Å². The largest absolute Gasteiger partial charge is 0.394 e. The maximum absolute atomic E-state index is 9.39. The van der Waals surface area contributed by atoms with E-state index in [1.54, 1.807) is 12.4 Å². The molecule has 12 heterocycles. The number of nitrogens with zero attached hydrogens (tertiary/aromatic N) is 14. The molecule has 5 aromatic heterocycles. The number of anilines is 4. The molecule has 7 fully saturated rings. The van der Waals surface area contributed by atoms with Gasteiger partial charge in [-0.05, 0) is 194 Å². The lowest BCUT2D eigenvalue weighted by molar-refractivity contribution is -0.171. The minimum absolute atomic E-state index is 0.0209. The normalized spacial score (nSPS) is 19.4. The number of aryl methyl sites for hydroxylation is 5. The van der Waals surface area contributed by atoms with Gasteiger partial charge in [-0.15, -0.1) is 0 Å². The zero-order valence-electron chi connectivity index (χ0n) is 61.5. The van der Waals surface area contributed by atoms with Crippen LogP contribution in [0.2, 0.25) is 5.28 Å². The van der Waals surface area contributed by atoms with E-state index in [4.69, 9.17) is 55.0 Å². The highest BCUT2D eigenvalue weighted by Gasteiger charge is 2.25. The van der Waals surface area contributed by atoms with Crippen molar-refractivity contribution in [2.24, 2.45) is 0 Å². The Hall–Kier alpha value is -5.07. The second kappa shape index (κ2) is 52.0. The molecule has 7 aliphatic rings. The summed E-state index contributed by atoms with van der Waals surface area (Å²) in [4.78, 5) is 51.7. The lowest BCUT2D eigenvalue weighted by atomic mass is 10.1. The fourth-order valence-corrected chi connectivity index (χ4v) is 11.9. The topological polar surface area (TPSA) is 279 Å². The van der Waals surface area contributed by atoms with E-state index in [9.17, 15) is 5.11 Å². The molecule has 0 bridgehead atoms. The molecule has 0 saturated carbocycles. The summed E-state index contributed by atoms with van der Waals surface area (Å²) < 4.78 is 39.2. The van der Waals surface area contributed by atoms with Gasteiger partial charge in [0.15, 0.2) is 12.6 Å². The molecule has 25 nitrogen and oxygen atoms in total. The number of ether oxygens (including phenoxy) is 7. The van der Waals surface area contributed by atoms with E-state index in [0.717, 1.165) is 254 Å². The Labute approximate surface area is 615 Å². The van der Waals surface area contributed by atoms with Crippen molar-refractivity contribution >= 4 is 51.3 Å². The molecule has 7 saturated heterocycles. The number of aromatic nitrogens is 10. The fraction of sp³-hybridized carbons (Fsp3) is 0.730. The highest BCUT2D eigenvalue weighted by atomic mass is 79.9. The van der Waals surface area contributed by atoms with E-state index in [2.05, 4.69) is 125 Å². The molecule has 2 atom stereocenters. The smallest absolute Gasteiger partial charge is 0.225 e. The Kier molecular flexibility index (Phi) is 43.7. The maximum Gasteiger partial charge on any atom is 0.225 e. The summed E-state index contributed by atoms with van der Waals surface area (Å²) in [6, 6.07) is 0. The molecule has 4 N–H and O–H groups in total. The van der Waals surface area contributed by atoms with Gasteiger partial charge in [0, 0.05) is 139 Å². The van der Waals surface area contributed by atoms with Crippen molar-refractivity contribution in [1.29, 1.82) is 0 Å². The molecule has 0 aromatic carbocycles. The van der Waals surface area contributed by atoms with Crippen LogP contribution in [0.15, 0.2) is 62.0 Å². The van der Waals surface area contributed by atoms with Gasteiger partial charge in [0.2, 0.25) is 29.1 Å². The summed E-state index contributed by atoms with van der Waals surface area (Å²) >= 11 is 8.74. The van der Waals surface area contributed by atoms with Crippen LogP contribution >= 0.6 is 27.5 Å². The van der Waals surface area contributed by atoms with Crippen molar-refractivity contribution in [1.82, 2.24) is 55.2 Å². The molecule has 0 radical (unpaired) electrons. The molecule has 0 aliphatic carbocycles. The zero-order valence-corrected chi connectivity index (χ0v) is 63.9. The number of halogens is 2. The summed E-state index contributed by atoms with van der Waals surface area (Å²) in [7, 11) is 0. The zero-order chi connectivity index (χ0) is 71.9. The Balaban J connectivity index is 0.000000191. The first-order valence-corrected chi connectivity index (χ1v) is 39.2. The Morgan fingerprint density at radius 3 is 1.01 bits per heavy atom. The van der Waals surface area contributed by atoms with Crippen LogP contribution in [0.25, 0.3) is 0 Å². The number of aliphatic hydroxyl groups is 3. The molecule has 27 heteroatoms. The Bertz CT molecular complexity index is 2720. The minimum atomic E-state index is -0.142. The number of alkyl halides is 1. The molecule has 566 valence electrons. The molecular weight excluding hydrogens is 1370 g/mol. The predicted octanol–water partition coefficient (Wildman–Crippen LogP) is 10.4. The fourth-order valence-electron chi connectivity index (χ4n) is 11.6. The molecular formula is C74H121BrClN15O10. The van der Waals surface area contributed by atoms with Gasteiger partial charge in [-0.3, -0.25) is 0 Å². The first-order chi connectivity index (χ1) is 49.5. The van der Waals surface area contributed by atoms with Crippen LogP contribution in [-0.4, -0.2) is 232 Å². The summed E-state index contributed by atoms with van der Waals surface area (Å²) in [5.41, 5.74) is 5.81. The highest BCUT2D eigenvalue weighted by Crippen LogP contribution is 2.23. The number of aliphatic hydroxyl groups excluding tert-OH is 3. The van der Waals surface area contributed by atoms with Gasteiger partial charge in [-0.1, -0.05) is 57.5 Å². The lowest BCUT2D eigenvalue weighted by Crippen LogP contribution is -2.38. The third-order valence-electron chi connectivity index (χ3n) is 18.1. The van der Waals surface area contributed by atoms with Crippen molar-refractivity contribution < 1.29 is 48.5 Å². The van der Waals surface area contributed by atoms with Crippen molar-refractivity contribution in [2.45, 2.75) is 226 Å². The molecule has 5 aromatic rings. The van der Waals surface area contributed by atoms with Crippen LogP contribution in [0.4, 0.5) is 23.8 Å². The summed E-state index contributed by atoms with van der Waals surface area (Å²) in [6.07, 6.45) is 42.1. The van der Waals surface area contributed by atoms with Crippen LogP contribution in [0, 0.1) is 0 Å². The maximum atomic E-state index is 9.39. The molecule has 0 amide bonds. The second-order valence-corrected chi connectivity index (χ2v) is 26.9. The van der Waals surface area contributed by atoms with Gasteiger partial charge in [0.05, 0.1) is 63.6 Å². The van der Waals surface area contributed by atoms with Crippen molar-refractivity contribution in [2.75, 3.05) is 143 Å². The van der Waals surface area contributed by atoms with E-state index in [1.807, 2.05) is 56.5 Å². The van der Waals surface area contributed by atoms with E-state index in [-0.39, 0.29) is 37.5 Å². The van der Waals surface area contributed by atoms with Gasteiger partial charge in [0.25, 0.3) is 0 Å². The van der Waals surface area contributed by atoms with Crippen LogP contribution < -0.4 is 24.9 Å². The van der Waals surface area contributed by atoms with Crippen LogP contribution in [-0.2, 0) is 65.3 Å². The lowest BCUT2D eigenvalue weighted by Gasteiger charge is -2.32. The molecule has 2 unspecified atom stereocenters. The monoisotopic (exact) mass is 1490 g/mol. The summed E-state index contributed by atoms with van der Waals surface area (Å²) in [5, 5.41) is 31.3. The van der Waals surface area contributed by atoms with Gasteiger partial charge in [0.1, 0.15) is 0 Å². The first-order valence-electron chi connectivity index (χ1n) is 37.7. The molecule has 7 aliphatic heterocycles. The second-order valence-electron chi connectivity index (χ2n) is 25.8. The van der Waals surface area contributed by atoms with Crippen LogP contribution in [0.1, 0.15) is 179 Å². The third-order valence-corrected chi connectivity index (χ3v) is 18.6. The quantitative estimate of drug-likeness (QED) is 0.0269. The van der Waals surface area contributed by atoms with Gasteiger partial charge in [-0.25, -0.2) is 49.8 Å². The SMILES string of the molecule is BrCCOC1CCCCO1.CCCOC1CCN(c2ncc(CC)cn2)CC1.CCc1cnc(Cl)nc1.CCc1cnc(N2CCC(O)CC2)nc1.CCc1cnc(N2CCC(OCCO)CC2)nc1.CCc1cnc(N2CCC(OCCOC3CCCCO3)CC2)nc1.OC1CCNCC1. The van der Waals surface area contributed by atoms with Crippen molar-refractivity contribution in [3.05, 3.63) is 95.1 Å². The van der Waals surface area contributed by atoms with Gasteiger partial charge >= 0.3 is 0 Å². The summed E-state index contributed by atoms with van der Waals surface area (Å²) in [5.74, 6) is 3.30. The van der Waals surface area contributed by atoms with E-state index in [0.29, 0.717) is 37.3 Å². The number of piperidine rings is 5. The number of hydrogen-bond acceptors (Lipinski definition) is 25. The average molecular weight is 1500 g/mol. The van der Waals surface area contributed by atoms with Gasteiger partial charge < -0.3 is 73.4 Å². The predicted molar refractivity (Wildman–Crippen MR) is 401 cm³/mol. The summed E-state index contributed by atoms with van der Waals surface area (Å²) in [6.45, 7) is 27.2.